The van der Waals surface area contributed by atoms with Gasteiger partial charge in [-0.15, -0.1) is 11.8 Å². The van der Waals surface area contributed by atoms with Crippen molar-refractivity contribution in [2.45, 2.75) is 17.5 Å². The topological polar surface area (TPSA) is 17.8 Å². The van der Waals surface area contributed by atoms with Gasteiger partial charge in [0.05, 0.1) is 6.33 Å². The highest BCUT2D eigenvalue weighted by molar-refractivity contribution is 7.98. The second-order valence-electron chi connectivity index (χ2n) is 6.25. The fraction of sp³-hybridized carbons (Fsp3) is 0.136. The van der Waals surface area contributed by atoms with Gasteiger partial charge in [0, 0.05) is 29.9 Å². The smallest absolute Gasteiger partial charge is 0.123 e. The molecule has 3 aromatic carbocycles. The number of thioether (sulfide) groups is 1. The molecule has 0 amide bonds. The summed E-state index contributed by atoms with van der Waals surface area (Å²) in [5.41, 5.74) is 2.45. The third-order valence-corrected chi connectivity index (χ3v) is 5.78. The minimum atomic E-state index is -0.192. The zero-order valence-corrected chi connectivity index (χ0v) is 15.1. The molecule has 0 aliphatic rings. The van der Waals surface area contributed by atoms with E-state index < -0.39 is 0 Å². The molecule has 0 saturated heterocycles. The first-order chi connectivity index (χ1) is 12.8. The van der Waals surface area contributed by atoms with E-state index in [1.54, 1.807) is 0 Å². The zero-order chi connectivity index (χ0) is 17.8. The molecule has 0 saturated carbocycles. The number of hydrogen-bond donors (Lipinski definition) is 0. The van der Waals surface area contributed by atoms with Crippen LogP contribution in [-0.4, -0.2) is 9.55 Å². The molecule has 0 spiro atoms. The highest BCUT2D eigenvalue weighted by atomic mass is 32.2. The first-order valence-corrected chi connectivity index (χ1v) is 9.64. The van der Waals surface area contributed by atoms with E-state index in [4.69, 9.17) is 0 Å². The minimum Gasteiger partial charge on any atom is -0.336 e. The monoisotopic (exact) mass is 362 g/mol. The number of fused-ring (bicyclic) bond motifs is 1. The lowest BCUT2D eigenvalue weighted by molar-refractivity contribution is 0.627. The summed E-state index contributed by atoms with van der Waals surface area (Å²) in [4.78, 5) is 4.17. The molecule has 1 heterocycles. The molecule has 1 unspecified atom stereocenters. The van der Waals surface area contributed by atoms with E-state index in [2.05, 4.69) is 52.0 Å². The zero-order valence-electron chi connectivity index (χ0n) is 14.3. The van der Waals surface area contributed by atoms with Crippen molar-refractivity contribution in [2.75, 3.05) is 0 Å². The van der Waals surface area contributed by atoms with Gasteiger partial charge in [0.25, 0.3) is 0 Å². The standard InChI is InChI=1S/C22H19FN2S/c23-19-10-8-17(9-11-19)15-26-22(14-25-13-12-24-16-25)21-7-3-5-18-4-1-2-6-20(18)21/h1-13,16,22H,14-15H2. The van der Waals surface area contributed by atoms with Crippen molar-refractivity contribution in [1.82, 2.24) is 9.55 Å². The third kappa shape index (κ3) is 3.81. The van der Waals surface area contributed by atoms with Crippen molar-refractivity contribution in [1.29, 1.82) is 0 Å². The molecule has 26 heavy (non-hydrogen) atoms. The van der Waals surface area contributed by atoms with Crippen LogP contribution < -0.4 is 0 Å². The van der Waals surface area contributed by atoms with Crippen LogP contribution in [0.25, 0.3) is 10.8 Å². The summed E-state index contributed by atoms with van der Waals surface area (Å²) in [6, 6.07) is 21.8. The normalized spacial score (nSPS) is 12.3. The predicted molar refractivity (Wildman–Crippen MR) is 107 cm³/mol. The van der Waals surface area contributed by atoms with E-state index >= 15 is 0 Å². The lowest BCUT2D eigenvalue weighted by Crippen LogP contribution is -2.06. The van der Waals surface area contributed by atoms with Gasteiger partial charge >= 0.3 is 0 Å². The van der Waals surface area contributed by atoms with Crippen molar-refractivity contribution in [3.8, 4) is 0 Å². The number of nitrogens with zero attached hydrogens (tertiary/aromatic N) is 2. The Balaban J connectivity index is 1.64. The molecule has 1 aromatic heterocycles. The van der Waals surface area contributed by atoms with E-state index in [0.29, 0.717) is 0 Å². The quantitative estimate of drug-likeness (QED) is 0.428. The van der Waals surface area contributed by atoms with Crippen LogP contribution in [-0.2, 0) is 12.3 Å². The Bertz CT molecular complexity index is 975. The van der Waals surface area contributed by atoms with Gasteiger partial charge in [-0.1, -0.05) is 54.6 Å². The maximum Gasteiger partial charge on any atom is 0.123 e. The molecule has 0 aliphatic heterocycles. The van der Waals surface area contributed by atoms with Crippen LogP contribution >= 0.6 is 11.8 Å². The average molecular weight is 362 g/mol. The highest BCUT2D eigenvalue weighted by Gasteiger charge is 2.16. The molecule has 0 radical (unpaired) electrons. The average Bonchev–Trinajstić information content (AvgIpc) is 3.19. The molecule has 0 bridgehead atoms. The van der Waals surface area contributed by atoms with Crippen LogP contribution in [0, 0.1) is 5.82 Å². The molecule has 130 valence electrons. The summed E-state index contributed by atoms with van der Waals surface area (Å²) in [6.07, 6.45) is 5.66. The summed E-state index contributed by atoms with van der Waals surface area (Å²) >= 11 is 1.88. The van der Waals surface area contributed by atoms with Gasteiger partial charge in [-0.2, -0.15) is 0 Å². The Labute approximate surface area is 156 Å². The van der Waals surface area contributed by atoms with Crippen LogP contribution in [0.3, 0.4) is 0 Å². The Morgan fingerprint density at radius 2 is 1.77 bits per heavy atom. The number of rotatable bonds is 6. The molecule has 0 aliphatic carbocycles. The van der Waals surface area contributed by atoms with Crippen molar-refractivity contribution < 1.29 is 4.39 Å². The Morgan fingerprint density at radius 3 is 2.58 bits per heavy atom. The van der Waals surface area contributed by atoms with Crippen molar-refractivity contribution in [3.05, 3.63) is 102 Å². The Morgan fingerprint density at radius 1 is 0.962 bits per heavy atom. The minimum absolute atomic E-state index is 0.192. The van der Waals surface area contributed by atoms with Crippen LogP contribution in [0.1, 0.15) is 16.4 Å². The third-order valence-electron chi connectivity index (χ3n) is 4.47. The summed E-state index contributed by atoms with van der Waals surface area (Å²) in [5.74, 6) is 0.644. The summed E-state index contributed by atoms with van der Waals surface area (Å²) < 4.78 is 15.3. The summed E-state index contributed by atoms with van der Waals surface area (Å²) in [6.45, 7) is 0.847. The Kier molecular flexibility index (Phi) is 5.02. The molecule has 4 heteroatoms. The van der Waals surface area contributed by atoms with Gasteiger partial charge in [0.2, 0.25) is 0 Å². The van der Waals surface area contributed by atoms with Crippen LogP contribution in [0.15, 0.2) is 85.5 Å². The molecular formula is C22H19FN2S. The molecule has 2 nitrogen and oxygen atoms in total. The molecular weight excluding hydrogens is 343 g/mol. The summed E-state index contributed by atoms with van der Waals surface area (Å²) in [5, 5.41) is 2.81. The van der Waals surface area contributed by atoms with Gasteiger partial charge < -0.3 is 4.57 Å². The fourth-order valence-electron chi connectivity index (χ4n) is 3.14. The predicted octanol–water partition coefficient (Wildman–Crippen LogP) is 5.85. The fourth-order valence-corrected chi connectivity index (χ4v) is 4.38. The molecule has 4 aromatic rings. The molecule has 0 fully saturated rings. The number of imidazole rings is 1. The lowest BCUT2D eigenvalue weighted by atomic mass is 10.0. The lowest BCUT2D eigenvalue weighted by Gasteiger charge is -2.20. The molecule has 1 atom stereocenters. The van der Waals surface area contributed by atoms with Gasteiger partial charge in [-0.05, 0) is 34.0 Å². The largest absolute Gasteiger partial charge is 0.336 e. The van der Waals surface area contributed by atoms with Gasteiger partial charge in [0.15, 0.2) is 0 Å². The van der Waals surface area contributed by atoms with E-state index in [1.807, 2.05) is 42.6 Å². The SMILES string of the molecule is Fc1ccc(CSC(Cn2ccnc2)c2cccc3ccccc23)cc1. The molecule has 0 N–H and O–H groups in total. The van der Waals surface area contributed by atoms with Crippen LogP contribution in [0.4, 0.5) is 4.39 Å². The van der Waals surface area contributed by atoms with Gasteiger partial charge in [-0.3, -0.25) is 0 Å². The van der Waals surface area contributed by atoms with Crippen LogP contribution in [0.2, 0.25) is 0 Å². The highest BCUT2D eigenvalue weighted by Crippen LogP contribution is 2.37. The second kappa shape index (κ2) is 7.75. The maximum atomic E-state index is 13.2. The number of benzene rings is 3. The number of halogens is 1. The van der Waals surface area contributed by atoms with E-state index in [0.717, 1.165) is 17.9 Å². The van der Waals surface area contributed by atoms with Crippen LogP contribution in [0.5, 0.6) is 0 Å². The summed E-state index contributed by atoms with van der Waals surface area (Å²) in [7, 11) is 0. The first-order valence-electron chi connectivity index (χ1n) is 8.59. The molecule has 4 rings (SSSR count). The first kappa shape index (κ1) is 16.9. The van der Waals surface area contributed by atoms with E-state index in [1.165, 1.54) is 28.5 Å². The second-order valence-corrected chi connectivity index (χ2v) is 7.45. The van der Waals surface area contributed by atoms with Crippen molar-refractivity contribution in [2.24, 2.45) is 0 Å². The van der Waals surface area contributed by atoms with E-state index in [-0.39, 0.29) is 11.1 Å². The number of aromatic nitrogens is 2. The maximum absolute atomic E-state index is 13.2. The number of hydrogen-bond acceptors (Lipinski definition) is 2. The van der Waals surface area contributed by atoms with Gasteiger partial charge in [0.1, 0.15) is 5.82 Å². The van der Waals surface area contributed by atoms with E-state index in [9.17, 15) is 4.39 Å². The Hall–Kier alpha value is -2.59. The van der Waals surface area contributed by atoms with Gasteiger partial charge in [-0.25, -0.2) is 9.37 Å². The van der Waals surface area contributed by atoms with Crippen molar-refractivity contribution >= 4 is 22.5 Å². The van der Waals surface area contributed by atoms with Crippen molar-refractivity contribution in [3.63, 3.8) is 0 Å².